The SMILES string of the molecule is Cc1ccc(CC(=O)NCC(=O)C(C)(C)C)cc1C. The van der Waals surface area contributed by atoms with Crippen molar-refractivity contribution < 1.29 is 9.59 Å². The third-order valence-electron chi connectivity index (χ3n) is 3.22. The molecular weight excluding hydrogens is 238 g/mol. The maximum absolute atomic E-state index is 11.8. The molecule has 1 amide bonds. The van der Waals surface area contributed by atoms with Crippen LogP contribution in [0.4, 0.5) is 0 Å². The zero-order chi connectivity index (χ0) is 14.6. The smallest absolute Gasteiger partial charge is 0.224 e. The Balaban J connectivity index is 2.52. The van der Waals surface area contributed by atoms with E-state index in [1.807, 2.05) is 52.8 Å². The summed E-state index contributed by atoms with van der Waals surface area (Å²) in [5.74, 6) is -0.0678. The summed E-state index contributed by atoms with van der Waals surface area (Å²) < 4.78 is 0. The molecule has 104 valence electrons. The van der Waals surface area contributed by atoms with Crippen molar-refractivity contribution in [2.24, 2.45) is 5.41 Å². The van der Waals surface area contributed by atoms with Gasteiger partial charge < -0.3 is 5.32 Å². The van der Waals surface area contributed by atoms with E-state index in [9.17, 15) is 9.59 Å². The van der Waals surface area contributed by atoms with E-state index in [0.29, 0.717) is 6.42 Å². The second kappa shape index (κ2) is 6.00. The second-order valence-electron chi connectivity index (χ2n) is 6.05. The van der Waals surface area contributed by atoms with Gasteiger partial charge in [-0.2, -0.15) is 0 Å². The van der Waals surface area contributed by atoms with Crippen LogP contribution in [0.3, 0.4) is 0 Å². The molecule has 0 radical (unpaired) electrons. The summed E-state index contributed by atoms with van der Waals surface area (Å²) >= 11 is 0. The normalized spacial score (nSPS) is 11.2. The van der Waals surface area contributed by atoms with E-state index in [1.54, 1.807) is 0 Å². The molecular formula is C16H23NO2. The zero-order valence-electron chi connectivity index (χ0n) is 12.5. The van der Waals surface area contributed by atoms with Crippen molar-refractivity contribution in [2.45, 2.75) is 41.0 Å². The molecule has 0 atom stereocenters. The number of hydrogen-bond donors (Lipinski definition) is 1. The van der Waals surface area contributed by atoms with E-state index in [1.165, 1.54) is 11.1 Å². The van der Waals surface area contributed by atoms with Gasteiger partial charge in [-0.25, -0.2) is 0 Å². The van der Waals surface area contributed by atoms with Crippen LogP contribution >= 0.6 is 0 Å². The van der Waals surface area contributed by atoms with Crippen LogP contribution in [0.2, 0.25) is 0 Å². The molecule has 1 N–H and O–H groups in total. The molecule has 1 rings (SSSR count). The Morgan fingerprint density at radius 1 is 1.11 bits per heavy atom. The van der Waals surface area contributed by atoms with E-state index in [0.717, 1.165) is 5.56 Å². The van der Waals surface area contributed by atoms with Crippen LogP contribution < -0.4 is 5.32 Å². The minimum atomic E-state index is -0.409. The average molecular weight is 261 g/mol. The predicted molar refractivity (Wildman–Crippen MR) is 77.1 cm³/mol. The lowest BCUT2D eigenvalue weighted by molar-refractivity contribution is -0.128. The standard InChI is InChI=1S/C16H23NO2/c1-11-6-7-13(8-12(11)2)9-15(19)17-10-14(18)16(3,4)5/h6-8H,9-10H2,1-5H3,(H,17,19). The Kier molecular flexibility index (Phi) is 4.87. The maximum atomic E-state index is 11.8. The third kappa shape index (κ3) is 4.86. The number of hydrogen-bond acceptors (Lipinski definition) is 2. The van der Waals surface area contributed by atoms with Gasteiger partial charge in [0.1, 0.15) is 0 Å². The van der Waals surface area contributed by atoms with Gasteiger partial charge >= 0.3 is 0 Å². The van der Waals surface area contributed by atoms with E-state index in [-0.39, 0.29) is 18.2 Å². The Morgan fingerprint density at radius 3 is 2.26 bits per heavy atom. The molecule has 0 aliphatic carbocycles. The van der Waals surface area contributed by atoms with Crippen LogP contribution in [0, 0.1) is 19.3 Å². The van der Waals surface area contributed by atoms with Crippen molar-refractivity contribution in [1.29, 1.82) is 0 Å². The number of carbonyl (C=O) groups is 2. The lowest BCUT2D eigenvalue weighted by Crippen LogP contribution is -2.36. The number of aryl methyl sites for hydroxylation is 2. The number of nitrogens with one attached hydrogen (secondary N) is 1. The fraction of sp³-hybridized carbons (Fsp3) is 0.500. The highest BCUT2D eigenvalue weighted by atomic mass is 16.2. The van der Waals surface area contributed by atoms with Gasteiger partial charge in [-0.3, -0.25) is 9.59 Å². The molecule has 19 heavy (non-hydrogen) atoms. The first-order valence-corrected chi connectivity index (χ1v) is 6.56. The van der Waals surface area contributed by atoms with Gasteiger partial charge in [0.15, 0.2) is 5.78 Å². The molecule has 0 spiro atoms. The number of rotatable bonds is 4. The lowest BCUT2D eigenvalue weighted by Gasteiger charge is -2.16. The van der Waals surface area contributed by atoms with Gasteiger partial charge in [0.05, 0.1) is 13.0 Å². The highest BCUT2D eigenvalue weighted by Crippen LogP contribution is 2.13. The van der Waals surface area contributed by atoms with E-state index in [2.05, 4.69) is 5.32 Å². The summed E-state index contributed by atoms with van der Waals surface area (Å²) in [4.78, 5) is 23.5. The van der Waals surface area contributed by atoms with E-state index in [4.69, 9.17) is 0 Å². The monoisotopic (exact) mass is 261 g/mol. The third-order valence-corrected chi connectivity index (χ3v) is 3.22. The first-order valence-electron chi connectivity index (χ1n) is 6.56. The van der Waals surface area contributed by atoms with Gasteiger partial charge in [0, 0.05) is 5.41 Å². The van der Waals surface area contributed by atoms with Gasteiger partial charge in [-0.15, -0.1) is 0 Å². The number of benzene rings is 1. The van der Waals surface area contributed by atoms with Crippen LogP contribution in [0.15, 0.2) is 18.2 Å². The predicted octanol–water partition coefficient (Wildman–Crippen LogP) is 2.58. The van der Waals surface area contributed by atoms with Crippen molar-refractivity contribution in [3.8, 4) is 0 Å². The quantitative estimate of drug-likeness (QED) is 0.905. The van der Waals surface area contributed by atoms with Crippen LogP contribution in [-0.4, -0.2) is 18.2 Å². The summed E-state index contributed by atoms with van der Waals surface area (Å²) in [6.45, 7) is 9.73. The highest BCUT2D eigenvalue weighted by molar-refractivity contribution is 5.89. The van der Waals surface area contributed by atoms with Crippen LogP contribution in [0.25, 0.3) is 0 Å². The molecule has 0 aromatic heterocycles. The molecule has 0 saturated carbocycles. The summed E-state index contributed by atoms with van der Waals surface area (Å²) in [5.41, 5.74) is 2.96. The van der Waals surface area contributed by atoms with Gasteiger partial charge in [0.2, 0.25) is 5.91 Å². The Bertz CT molecular complexity index is 484. The summed E-state index contributed by atoms with van der Waals surface area (Å²) in [6.07, 6.45) is 0.318. The first-order chi connectivity index (χ1) is 8.70. The van der Waals surface area contributed by atoms with Crippen molar-refractivity contribution in [3.05, 3.63) is 34.9 Å². The second-order valence-corrected chi connectivity index (χ2v) is 6.05. The van der Waals surface area contributed by atoms with Crippen LogP contribution in [-0.2, 0) is 16.0 Å². The fourth-order valence-corrected chi connectivity index (χ4v) is 1.61. The zero-order valence-corrected chi connectivity index (χ0v) is 12.5. The van der Waals surface area contributed by atoms with Crippen LogP contribution in [0.1, 0.15) is 37.5 Å². The Labute approximate surface area is 115 Å². The average Bonchev–Trinajstić information content (AvgIpc) is 2.29. The largest absolute Gasteiger partial charge is 0.349 e. The molecule has 0 aliphatic heterocycles. The molecule has 0 heterocycles. The van der Waals surface area contributed by atoms with Crippen LogP contribution in [0.5, 0.6) is 0 Å². The number of Topliss-reactive ketones (excluding diaryl/α,β-unsaturated/α-hetero) is 1. The molecule has 0 aliphatic rings. The molecule has 3 nitrogen and oxygen atoms in total. The van der Waals surface area contributed by atoms with Crippen molar-refractivity contribution in [3.63, 3.8) is 0 Å². The lowest BCUT2D eigenvalue weighted by atomic mass is 9.91. The van der Waals surface area contributed by atoms with E-state index < -0.39 is 5.41 Å². The van der Waals surface area contributed by atoms with Gasteiger partial charge in [-0.05, 0) is 30.5 Å². The van der Waals surface area contributed by atoms with Crippen molar-refractivity contribution in [2.75, 3.05) is 6.54 Å². The van der Waals surface area contributed by atoms with Crippen molar-refractivity contribution in [1.82, 2.24) is 5.32 Å². The van der Waals surface area contributed by atoms with Gasteiger partial charge in [-0.1, -0.05) is 39.0 Å². The Hall–Kier alpha value is -1.64. The first kappa shape index (κ1) is 15.4. The fourth-order valence-electron chi connectivity index (χ4n) is 1.61. The maximum Gasteiger partial charge on any atom is 0.224 e. The number of carbonyl (C=O) groups excluding carboxylic acids is 2. The molecule has 0 fully saturated rings. The van der Waals surface area contributed by atoms with Crippen molar-refractivity contribution >= 4 is 11.7 Å². The minimum absolute atomic E-state index is 0.0425. The molecule has 3 heteroatoms. The topological polar surface area (TPSA) is 46.2 Å². The molecule has 0 unspecified atom stereocenters. The summed E-state index contributed by atoms with van der Waals surface area (Å²) in [5, 5.41) is 2.68. The highest BCUT2D eigenvalue weighted by Gasteiger charge is 2.21. The molecule has 1 aromatic carbocycles. The minimum Gasteiger partial charge on any atom is -0.349 e. The molecule has 1 aromatic rings. The molecule has 0 saturated heterocycles. The van der Waals surface area contributed by atoms with E-state index >= 15 is 0 Å². The van der Waals surface area contributed by atoms with Gasteiger partial charge in [0.25, 0.3) is 0 Å². The summed E-state index contributed by atoms with van der Waals surface area (Å²) in [6, 6.07) is 5.98. The Morgan fingerprint density at radius 2 is 1.74 bits per heavy atom. The number of ketones is 1. The number of amides is 1. The molecule has 0 bridgehead atoms. The summed E-state index contributed by atoms with van der Waals surface area (Å²) in [7, 11) is 0.